The molecule has 1 atom stereocenters. The van der Waals surface area contributed by atoms with E-state index in [0.717, 1.165) is 31.1 Å². The number of nitrogens with zero attached hydrogens (tertiary/aromatic N) is 1. The van der Waals surface area contributed by atoms with Gasteiger partial charge in [-0.1, -0.05) is 18.5 Å². The molecule has 20 heavy (non-hydrogen) atoms. The molecule has 112 valence electrons. The Labute approximate surface area is 126 Å². The van der Waals surface area contributed by atoms with Crippen LogP contribution in [0.3, 0.4) is 0 Å². The van der Waals surface area contributed by atoms with Crippen molar-refractivity contribution in [1.29, 1.82) is 0 Å². The van der Waals surface area contributed by atoms with E-state index in [1.54, 1.807) is 19.2 Å². The number of halogens is 1. The highest BCUT2D eigenvalue weighted by Gasteiger charge is 2.18. The maximum absolute atomic E-state index is 10.4. The molecule has 1 saturated heterocycles. The van der Waals surface area contributed by atoms with Crippen LogP contribution < -0.4 is 4.74 Å². The van der Waals surface area contributed by atoms with Gasteiger partial charge in [-0.05, 0) is 56.5 Å². The summed E-state index contributed by atoms with van der Waals surface area (Å²) >= 11 is 6.01. The lowest BCUT2D eigenvalue weighted by atomic mass is 9.98. The minimum atomic E-state index is -0.525. The van der Waals surface area contributed by atoms with E-state index in [-0.39, 0.29) is 0 Å². The van der Waals surface area contributed by atoms with Gasteiger partial charge in [-0.2, -0.15) is 0 Å². The first-order chi connectivity index (χ1) is 9.60. The fourth-order valence-corrected chi connectivity index (χ4v) is 2.89. The van der Waals surface area contributed by atoms with Crippen molar-refractivity contribution in [1.82, 2.24) is 4.90 Å². The van der Waals surface area contributed by atoms with Crippen molar-refractivity contribution >= 4 is 11.6 Å². The molecule has 1 aromatic rings. The summed E-state index contributed by atoms with van der Waals surface area (Å²) in [5.74, 6) is 1.54. The van der Waals surface area contributed by atoms with Crippen LogP contribution in [0.5, 0.6) is 5.75 Å². The van der Waals surface area contributed by atoms with Crippen LogP contribution in [0.1, 0.15) is 37.9 Å². The molecule has 0 amide bonds. The van der Waals surface area contributed by atoms with E-state index in [1.165, 1.54) is 12.8 Å². The van der Waals surface area contributed by atoms with Gasteiger partial charge in [-0.15, -0.1) is 0 Å². The van der Waals surface area contributed by atoms with Crippen LogP contribution in [0, 0.1) is 5.92 Å². The quantitative estimate of drug-likeness (QED) is 0.903. The van der Waals surface area contributed by atoms with E-state index >= 15 is 0 Å². The van der Waals surface area contributed by atoms with Crippen molar-refractivity contribution in [2.24, 2.45) is 5.92 Å². The third kappa shape index (κ3) is 4.11. The molecule has 1 aromatic carbocycles. The predicted molar refractivity (Wildman–Crippen MR) is 82.4 cm³/mol. The normalized spacial score (nSPS) is 19.0. The first-order valence-electron chi connectivity index (χ1n) is 7.34. The Balaban J connectivity index is 1.91. The van der Waals surface area contributed by atoms with Crippen molar-refractivity contribution in [3.63, 3.8) is 0 Å². The Hall–Kier alpha value is -0.770. The van der Waals surface area contributed by atoms with Gasteiger partial charge in [0.15, 0.2) is 0 Å². The number of ether oxygens (including phenoxy) is 1. The third-order valence-electron chi connectivity index (χ3n) is 4.15. The number of methoxy groups -OCH3 is 1. The van der Waals surface area contributed by atoms with Crippen molar-refractivity contribution in [3.05, 3.63) is 28.8 Å². The van der Waals surface area contributed by atoms with Gasteiger partial charge in [-0.25, -0.2) is 0 Å². The van der Waals surface area contributed by atoms with Crippen molar-refractivity contribution in [3.8, 4) is 5.75 Å². The first kappa shape index (κ1) is 15.6. The highest BCUT2D eigenvalue weighted by molar-refractivity contribution is 6.30. The van der Waals surface area contributed by atoms with Gasteiger partial charge in [-0.3, -0.25) is 0 Å². The second kappa shape index (κ2) is 7.30. The molecule has 0 aliphatic carbocycles. The molecule has 0 radical (unpaired) electrons. The molecule has 1 heterocycles. The zero-order chi connectivity index (χ0) is 14.5. The molecular formula is C16H24ClNO2. The number of benzene rings is 1. The SMILES string of the molecule is COc1ccc(Cl)cc1C(O)CCN1CCC(C)CC1. The van der Waals surface area contributed by atoms with Crippen LogP contribution in [0.15, 0.2) is 18.2 Å². The van der Waals surface area contributed by atoms with Gasteiger partial charge in [0.05, 0.1) is 13.2 Å². The summed E-state index contributed by atoms with van der Waals surface area (Å²) in [5.41, 5.74) is 0.783. The summed E-state index contributed by atoms with van der Waals surface area (Å²) in [7, 11) is 1.62. The maximum atomic E-state index is 10.4. The van der Waals surface area contributed by atoms with Crippen LogP contribution in [-0.2, 0) is 0 Å². The van der Waals surface area contributed by atoms with Crippen LogP contribution in [0.4, 0.5) is 0 Å². The molecule has 1 unspecified atom stereocenters. The lowest BCUT2D eigenvalue weighted by molar-refractivity contribution is 0.123. The Kier molecular flexibility index (Phi) is 5.70. The highest BCUT2D eigenvalue weighted by Crippen LogP contribution is 2.30. The minimum absolute atomic E-state index is 0.525. The van der Waals surface area contributed by atoms with E-state index in [0.29, 0.717) is 17.2 Å². The number of likely N-dealkylation sites (tertiary alicyclic amines) is 1. The van der Waals surface area contributed by atoms with Gasteiger partial charge in [0, 0.05) is 17.1 Å². The van der Waals surface area contributed by atoms with E-state index in [1.807, 2.05) is 6.07 Å². The van der Waals surface area contributed by atoms with E-state index in [9.17, 15) is 5.11 Å². The number of piperidine rings is 1. The summed E-state index contributed by atoms with van der Waals surface area (Å²) in [6.45, 7) is 5.51. The van der Waals surface area contributed by atoms with Crippen molar-refractivity contribution < 1.29 is 9.84 Å². The van der Waals surface area contributed by atoms with E-state index < -0.39 is 6.10 Å². The molecule has 3 nitrogen and oxygen atoms in total. The fraction of sp³-hybridized carbons (Fsp3) is 0.625. The number of aliphatic hydroxyl groups is 1. The van der Waals surface area contributed by atoms with Gasteiger partial charge < -0.3 is 14.7 Å². The van der Waals surface area contributed by atoms with Crippen molar-refractivity contribution in [2.45, 2.75) is 32.3 Å². The molecule has 1 aliphatic rings. The first-order valence-corrected chi connectivity index (χ1v) is 7.72. The zero-order valence-electron chi connectivity index (χ0n) is 12.3. The van der Waals surface area contributed by atoms with Crippen molar-refractivity contribution in [2.75, 3.05) is 26.7 Å². The average Bonchev–Trinajstić information content (AvgIpc) is 2.46. The van der Waals surface area contributed by atoms with E-state index in [4.69, 9.17) is 16.3 Å². The maximum Gasteiger partial charge on any atom is 0.124 e. The molecule has 0 aromatic heterocycles. The Morgan fingerprint density at radius 2 is 2.10 bits per heavy atom. The number of hydrogen-bond acceptors (Lipinski definition) is 3. The molecule has 1 fully saturated rings. The Bertz CT molecular complexity index is 430. The lowest BCUT2D eigenvalue weighted by Crippen LogP contribution is -2.34. The summed E-state index contributed by atoms with van der Waals surface area (Å²) in [6, 6.07) is 5.38. The fourth-order valence-electron chi connectivity index (χ4n) is 2.71. The second-order valence-electron chi connectivity index (χ2n) is 5.71. The number of aliphatic hydroxyl groups excluding tert-OH is 1. The van der Waals surface area contributed by atoms with Gasteiger partial charge >= 0.3 is 0 Å². The highest BCUT2D eigenvalue weighted by atomic mass is 35.5. The summed E-state index contributed by atoms with van der Waals surface area (Å²) < 4.78 is 5.30. The lowest BCUT2D eigenvalue weighted by Gasteiger charge is -2.30. The molecule has 4 heteroatoms. The molecule has 0 bridgehead atoms. The van der Waals surface area contributed by atoms with Crippen LogP contribution in [0.2, 0.25) is 5.02 Å². The smallest absolute Gasteiger partial charge is 0.124 e. The summed E-state index contributed by atoms with van der Waals surface area (Å²) in [6.07, 6.45) is 2.71. The van der Waals surface area contributed by atoms with Crippen LogP contribution >= 0.6 is 11.6 Å². The largest absolute Gasteiger partial charge is 0.496 e. The molecule has 0 saturated carbocycles. The van der Waals surface area contributed by atoms with E-state index in [2.05, 4.69) is 11.8 Å². The average molecular weight is 298 g/mol. The van der Waals surface area contributed by atoms with Gasteiger partial charge in [0.2, 0.25) is 0 Å². The monoisotopic (exact) mass is 297 g/mol. The Morgan fingerprint density at radius 3 is 2.75 bits per heavy atom. The topological polar surface area (TPSA) is 32.7 Å². The van der Waals surface area contributed by atoms with Gasteiger partial charge in [0.1, 0.15) is 5.75 Å². The molecule has 2 rings (SSSR count). The van der Waals surface area contributed by atoms with Crippen LogP contribution in [-0.4, -0.2) is 36.8 Å². The van der Waals surface area contributed by atoms with Gasteiger partial charge in [0.25, 0.3) is 0 Å². The molecule has 0 spiro atoms. The summed E-state index contributed by atoms with van der Waals surface area (Å²) in [5, 5.41) is 11.0. The third-order valence-corrected chi connectivity index (χ3v) is 4.38. The Morgan fingerprint density at radius 1 is 1.40 bits per heavy atom. The predicted octanol–water partition coefficient (Wildman–Crippen LogP) is 3.50. The molecular weight excluding hydrogens is 274 g/mol. The minimum Gasteiger partial charge on any atom is -0.496 e. The van der Waals surface area contributed by atoms with Crippen LogP contribution in [0.25, 0.3) is 0 Å². The molecule has 1 N–H and O–H groups in total. The number of rotatable bonds is 5. The number of hydrogen-bond donors (Lipinski definition) is 1. The second-order valence-corrected chi connectivity index (χ2v) is 6.15. The standard InChI is InChI=1S/C16H24ClNO2/c1-12-5-8-18(9-6-12)10-7-15(19)14-11-13(17)3-4-16(14)20-2/h3-4,11-12,15,19H,5-10H2,1-2H3. The molecule has 1 aliphatic heterocycles. The zero-order valence-corrected chi connectivity index (χ0v) is 13.1. The summed E-state index contributed by atoms with van der Waals surface area (Å²) in [4.78, 5) is 2.43.